The number of hydrogen-bond acceptors (Lipinski definition) is 8. The number of likely N-dealkylation sites (N-methyl/N-ethyl adjacent to an activating group) is 1. The van der Waals surface area contributed by atoms with Gasteiger partial charge in [0.1, 0.15) is 24.2 Å². The van der Waals surface area contributed by atoms with Crippen LogP contribution in [0.1, 0.15) is 23.6 Å². The highest BCUT2D eigenvalue weighted by atomic mass is 16.5. The maximum absolute atomic E-state index is 9.93. The maximum atomic E-state index is 9.93. The Morgan fingerprint density at radius 2 is 2.12 bits per heavy atom. The third kappa shape index (κ3) is 5.32. The van der Waals surface area contributed by atoms with Crippen LogP contribution in [0.2, 0.25) is 0 Å². The van der Waals surface area contributed by atoms with Gasteiger partial charge in [-0.25, -0.2) is 9.97 Å². The standard InChI is InChI=1S/C24H30N4O4/c1-15-23(16(2)32-28-15)22-11-19(9-17-7-8-30-13-17)26-24(27-22)18-5-4-6-21(10-18)31-14-20(29)12-25-3/h4-6,10-11,17,20,25,29H,7-9,12-14H2,1-3H3/t17-,20?/m1/s1. The van der Waals surface area contributed by atoms with E-state index in [4.69, 9.17) is 24.0 Å². The summed E-state index contributed by atoms with van der Waals surface area (Å²) >= 11 is 0. The highest BCUT2D eigenvalue weighted by Gasteiger charge is 2.20. The molecule has 1 aliphatic rings. The maximum Gasteiger partial charge on any atom is 0.160 e. The minimum Gasteiger partial charge on any atom is -0.491 e. The normalized spacial score (nSPS) is 16.9. The fourth-order valence-corrected chi connectivity index (χ4v) is 3.96. The van der Waals surface area contributed by atoms with Crippen LogP contribution >= 0.6 is 0 Å². The van der Waals surface area contributed by atoms with Gasteiger partial charge in [0.25, 0.3) is 0 Å². The fraction of sp³-hybridized carbons (Fsp3) is 0.458. The van der Waals surface area contributed by atoms with Crippen molar-refractivity contribution < 1.29 is 19.1 Å². The number of nitrogens with one attached hydrogen (secondary N) is 1. The molecule has 1 aliphatic heterocycles. The monoisotopic (exact) mass is 438 g/mol. The summed E-state index contributed by atoms with van der Waals surface area (Å²) < 4.78 is 16.7. The molecule has 0 bridgehead atoms. The van der Waals surface area contributed by atoms with Gasteiger partial charge < -0.3 is 24.4 Å². The average Bonchev–Trinajstić information content (AvgIpc) is 3.41. The van der Waals surface area contributed by atoms with E-state index in [1.165, 1.54) is 0 Å². The lowest BCUT2D eigenvalue weighted by atomic mass is 10.0. The van der Waals surface area contributed by atoms with Gasteiger partial charge >= 0.3 is 0 Å². The third-order valence-electron chi connectivity index (χ3n) is 5.56. The van der Waals surface area contributed by atoms with Crippen LogP contribution < -0.4 is 10.1 Å². The number of aliphatic hydroxyl groups excluding tert-OH is 1. The Kier molecular flexibility index (Phi) is 7.14. The van der Waals surface area contributed by atoms with Gasteiger partial charge in [-0.1, -0.05) is 17.3 Å². The molecule has 32 heavy (non-hydrogen) atoms. The fourth-order valence-electron chi connectivity index (χ4n) is 3.96. The first-order valence-corrected chi connectivity index (χ1v) is 11.0. The second kappa shape index (κ2) is 10.2. The van der Waals surface area contributed by atoms with Crippen molar-refractivity contribution in [3.05, 3.63) is 47.5 Å². The molecule has 0 spiro atoms. The molecule has 8 heteroatoms. The van der Waals surface area contributed by atoms with Crippen LogP contribution in [-0.4, -0.2) is 59.7 Å². The van der Waals surface area contributed by atoms with Crippen molar-refractivity contribution in [2.45, 2.75) is 32.8 Å². The molecule has 1 saturated heterocycles. The molecule has 4 rings (SSSR count). The molecule has 3 heterocycles. The van der Waals surface area contributed by atoms with E-state index in [0.717, 1.165) is 60.0 Å². The van der Waals surface area contributed by atoms with Crippen molar-refractivity contribution >= 4 is 0 Å². The summed E-state index contributed by atoms with van der Waals surface area (Å²) in [5, 5.41) is 17.0. The molecule has 3 aromatic rings. The predicted octanol–water partition coefficient (Wildman–Crippen LogP) is 2.95. The topological polar surface area (TPSA) is 103 Å². The zero-order valence-electron chi connectivity index (χ0n) is 18.8. The van der Waals surface area contributed by atoms with Crippen LogP contribution in [0.3, 0.4) is 0 Å². The van der Waals surface area contributed by atoms with E-state index in [9.17, 15) is 5.11 Å². The van der Waals surface area contributed by atoms with Crippen molar-refractivity contribution in [3.8, 4) is 28.4 Å². The van der Waals surface area contributed by atoms with E-state index in [1.54, 1.807) is 7.05 Å². The summed E-state index contributed by atoms with van der Waals surface area (Å²) in [5.74, 6) is 2.48. The Hall–Kier alpha value is -2.81. The molecule has 2 N–H and O–H groups in total. The lowest BCUT2D eigenvalue weighted by Gasteiger charge is -2.13. The van der Waals surface area contributed by atoms with Crippen molar-refractivity contribution in [1.82, 2.24) is 20.4 Å². The smallest absolute Gasteiger partial charge is 0.160 e. The summed E-state index contributed by atoms with van der Waals surface area (Å²) in [7, 11) is 1.79. The quantitative estimate of drug-likeness (QED) is 0.526. The first-order chi connectivity index (χ1) is 15.5. The van der Waals surface area contributed by atoms with Crippen molar-refractivity contribution in [2.75, 3.05) is 33.4 Å². The van der Waals surface area contributed by atoms with Crippen LogP contribution in [0.25, 0.3) is 22.6 Å². The van der Waals surface area contributed by atoms with Gasteiger partial charge in [0, 0.05) is 31.0 Å². The van der Waals surface area contributed by atoms with Gasteiger partial charge in [0.2, 0.25) is 0 Å². The first kappa shape index (κ1) is 22.4. The summed E-state index contributed by atoms with van der Waals surface area (Å²) in [5.41, 5.74) is 4.33. The predicted molar refractivity (Wildman–Crippen MR) is 120 cm³/mol. The van der Waals surface area contributed by atoms with Crippen LogP contribution in [0.4, 0.5) is 0 Å². The van der Waals surface area contributed by atoms with E-state index < -0.39 is 6.10 Å². The van der Waals surface area contributed by atoms with E-state index in [2.05, 4.69) is 10.5 Å². The second-order valence-electron chi connectivity index (χ2n) is 8.25. The Morgan fingerprint density at radius 3 is 2.84 bits per heavy atom. The molecule has 0 aliphatic carbocycles. The minimum atomic E-state index is -0.581. The van der Waals surface area contributed by atoms with Gasteiger partial charge in [0.15, 0.2) is 5.82 Å². The van der Waals surface area contributed by atoms with E-state index in [1.807, 2.05) is 44.2 Å². The highest BCUT2D eigenvalue weighted by molar-refractivity contribution is 5.67. The van der Waals surface area contributed by atoms with Crippen LogP contribution in [0, 0.1) is 19.8 Å². The third-order valence-corrected chi connectivity index (χ3v) is 5.56. The van der Waals surface area contributed by atoms with Crippen molar-refractivity contribution in [2.24, 2.45) is 5.92 Å². The molecule has 2 aromatic heterocycles. The number of aliphatic hydroxyl groups is 1. The van der Waals surface area contributed by atoms with E-state index in [-0.39, 0.29) is 6.61 Å². The Balaban J connectivity index is 1.66. The van der Waals surface area contributed by atoms with Crippen molar-refractivity contribution in [3.63, 3.8) is 0 Å². The summed E-state index contributed by atoms with van der Waals surface area (Å²) in [6.07, 6.45) is 1.29. The molecule has 170 valence electrons. The number of aromatic nitrogens is 3. The molecule has 0 saturated carbocycles. The van der Waals surface area contributed by atoms with Gasteiger partial charge in [-0.05, 0) is 57.9 Å². The molecule has 1 fully saturated rings. The molecular formula is C24H30N4O4. The molecule has 0 radical (unpaired) electrons. The van der Waals surface area contributed by atoms with E-state index >= 15 is 0 Å². The van der Waals surface area contributed by atoms with Gasteiger partial charge in [-0.3, -0.25) is 0 Å². The zero-order chi connectivity index (χ0) is 22.5. The number of nitrogens with zero attached hydrogens (tertiary/aromatic N) is 3. The number of ether oxygens (including phenoxy) is 2. The van der Waals surface area contributed by atoms with Gasteiger partial charge in [-0.15, -0.1) is 0 Å². The van der Waals surface area contributed by atoms with E-state index in [0.29, 0.717) is 24.0 Å². The minimum absolute atomic E-state index is 0.206. The number of rotatable bonds is 9. The SMILES string of the molecule is CNCC(O)COc1cccc(-c2nc(C[C@H]3CCOC3)cc(-c3c(C)noc3C)n2)c1. The number of aryl methyl sites for hydroxylation is 2. The highest BCUT2D eigenvalue weighted by Crippen LogP contribution is 2.30. The lowest BCUT2D eigenvalue weighted by molar-refractivity contribution is 0.108. The Bertz CT molecular complexity index is 1030. The Labute approximate surface area is 188 Å². The van der Waals surface area contributed by atoms with Gasteiger partial charge in [0.05, 0.1) is 17.0 Å². The number of benzene rings is 1. The Morgan fingerprint density at radius 1 is 1.25 bits per heavy atom. The molecule has 1 aromatic carbocycles. The summed E-state index contributed by atoms with van der Waals surface area (Å²) in [6, 6.07) is 9.67. The number of hydrogen-bond donors (Lipinski definition) is 2. The zero-order valence-corrected chi connectivity index (χ0v) is 18.8. The van der Waals surface area contributed by atoms with Crippen LogP contribution in [-0.2, 0) is 11.2 Å². The molecule has 8 nitrogen and oxygen atoms in total. The van der Waals surface area contributed by atoms with Crippen molar-refractivity contribution in [1.29, 1.82) is 0 Å². The summed E-state index contributed by atoms with van der Waals surface area (Å²) in [6.45, 7) is 6.06. The largest absolute Gasteiger partial charge is 0.491 e. The van der Waals surface area contributed by atoms with Crippen LogP contribution in [0.5, 0.6) is 5.75 Å². The molecule has 2 atom stereocenters. The average molecular weight is 439 g/mol. The van der Waals surface area contributed by atoms with Crippen LogP contribution in [0.15, 0.2) is 34.9 Å². The lowest BCUT2D eigenvalue weighted by Crippen LogP contribution is -2.29. The molecular weight excluding hydrogens is 408 g/mol. The first-order valence-electron chi connectivity index (χ1n) is 11.0. The molecule has 0 amide bonds. The van der Waals surface area contributed by atoms with Gasteiger partial charge in [-0.2, -0.15) is 0 Å². The summed E-state index contributed by atoms with van der Waals surface area (Å²) in [4.78, 5) is 9.72. The molecule has 1 unspecified atom stereocenters. The second-order valence-corrected chi connectivity index (χ2v) is 8.25.